The summed E-state index contributed by atoms with van der Waals surface area (Å²) in [6.07, 6.45) is 0. The maximum absolute atomic E-state index is 8.70. The van der Waals surface area contributed by atoms with E-state index in [2.05, 4.69) is 0 Å². The van der Waals surface area contributed by atoms with Gasteiger partial charge in [-0.15, -0.1) is 9.79 Å². The molecule has 86 valence electrons. The van der Waals surface area contributed by atoms with E-state index in [1.807, 2.05) is 41.5 Å². The number of rotatable bonds is 1. The van der Waals surface area contributed by atoms with Crippen LogP contribution in [0, 0.1) is 0 Å². The van der Waals surface area contributed by atoms with E-state index in [0.29, 0.717) is 0 Å². The van der Waals surface area contributed by atoms with E-state index >= 15 is 0 Å². The summed E-state index contributed by atoms with van der Waals surface area (Å²) in [5.41, 5.74) is -0.430. The van der Waals surface area contributed by atoms with Crippen molar-refractivity contribution in [2.75, 3.05) is 0 Å². The lowest BCUT2D eigenvalue weighted by Crippen LogP contribution is -2.27. The molecule has 0 rings (SSSR count). The summed E-state index contributed by atoms with van der Waals surface area (Å²) in [7, 11) is -2.87. The Balaban J connectivity index is 0. The number of hydrogen-bond acceptors (Lipinski definition) is 3. The van der Waals surface area contributed by atoms with Crippen LogP contribution < -0.4 is 0 Å². The van der Waals surface area contributed by atoms with Crippen molar-refractivity contribution in [3.05, 3.63) is 0 Å². The molecule has 0 aromatic heterocycles. The maximum Gasteiger partial charge on any atom is 0.692 e. The van der Waals surface area contributed by atoms with Crippen molar-refractivity contribution < 1.29 is 24.1 Å². The van der Waals surface area contributed by atoms with Gasteiger partial charge in [0.1, 0.15) is 0 Å². The maximum atomic E-state index is 8.70. The molecule has 14 heavy (non-hydrogen) atoms. The summed E-state index contributed by atoms with van der Waals surface area (Å²) in [5, 5.41) is 0. The molecular weight excluding hydrogens is 207 g/mol. The van der Waals surface area contributed by atoms with Gasteiger partial charge in [0.15, 0.2) is 0 Å². The first-order chi connectivity index (χ1) is 5.94. The highest BCUT2D eigenvalue weighted by Crippen LogP contribution is 2.14. The Morgan fingerprint density at radius 2 is 1.00 bits per heavy atom. The largest absolute Gasteiger partial charge is 0.692 e. The summed E-state index contributed by atoms with van der Waals surface area (Å²) >= 11 is 0. The van der Waals surface area contributed by atoms with E-state index < -0.39 is 8.25 Å². The van der Waals surface area contributed by atoms with Crippen molar-refractivity contribution in [2.24, 2.45) is 0 Å². The van der Waals surface area contributed by atoms with Crippen LogP contribution in [0.1, 0.15) is 41.5 Å². The molecule has 0 spiro atoms. The first kappa shape index (κ1) is 16.4. The van der Waals surface area contributed by atoms with Crippen molar-refractivity contribution in [3.63, 3.8) is 0 Å². The Hall–Kier alpha value is -0.0600. The van der Waals surface area contributed by atoms with Crippen LogP contribution >= 0.6 is 8.25 Å². The second-order valence-electron chi connectivity index (χ2n) is 4.64. The molecule has 5 nitrogen and oxygen atoms in total. The summed E-state index contributed by atoms with van der Waals surface area (Å²) < 4.78 is 8.70. The molecule has 0 aliphatic carbocycles. The summed E-state index contributed by atoms with van der Waals surface area (Å²) in [6, 6.07) is 0. The van der Waals surface area contributed by atoms with E-state index in [4.69, 9.17) is 24.1 Å². The summed E-state index contributed by atoms with van der Waals surface area (Å²) in [5.74, 6) is 0. The van der Waals surface area contributed by atoms with Gasteiger partial charge in [-0.25, -0.2) is 9.78 Å². The normalized spacial score (nSPS) is 11.7. The van der Waals surface area contributed by atoms with Gasteiger partial charge in [-0.1, -0.05) is 0 Å². The fourth-order valence-electron chi connectivity index (χ4n) is 0.250. The highest BCUT2D eigenvalue weighted by molar-refractivity contribution is 7.30. The van der Waals surface area contributed by atoms with Gasteiger partial charge in [0.05, 0.1) is 11.2 Å². The second kappa shape index (κ2) is 6.43. The molecule has 0 saturated carbocycles. The number of hydrogen-bond donors (Lipinski definition) is 2. The molecule has 0 unspecified atom stereocenters. The predicted octanol–water partition coefficient (Wildman–Crippen LogP) is 2.16. The van der Waals surface area contributed by atoms with E-state index in [1.165, 1.54) is 0 Å². The molecule has 0 radical (unpaired) electrons. The Morgan fingerprint density at radius 3 is 1.07 bits per heavy atom. The molecule has 0 bridgehead atoms. The van der Waals surface area contributed by atoms with Crippen molar-refractivity contribution >= 4 is 8.25 Å². The molecular formula is C8H20O5P+. The average molecular weight is 227 g/mol. The molecule has 6 heteroatoms. The first-order valence-electron chi connectivity index (χ1n) is 4.16. The van der Waals surface area contributed by atoms with Crippen LogP contribution in [-0.4, -0.2) is 21.0 Å². The quantitative estimate of drug-likeness (QED) is 0.408. The van der Waals surface area contributed by atoms with Crippen molar-refractivity contribution in [1.82, 2.24) is 0 Å². The molecule has 0 heterocycles. The van der Waals surface area contributed by atoms with Gasteiger partial charge in [-0.3, -0.25) is 0 Å². The van der Waals surface area contributed by atoms with E-state index in [9.17, 15) is 0 Å². The lowest BCUT2D eigenvalue weighted by Gasteiger charge is -2.24. The van der Waals surface area contributed by atoms with Crippen LogP contribution in [0.3, 0.4) is 0 Å². The average Bonchev–Trinajstić information content (AvgIpc) is 1.79. The van der Waals surface area contributed by atoms with E-state index in [-0.39, 0.29) is 11.2 Å². The Kier molecular flexibility index (Phi) is 7.52. The van der Waals surface area contributed by atoms with E-state index in [1.54, 1.807) is 0 Å². The third kappa shape index (κ3) is 29.7. The molecule has 0 fully saturated rings. The van der Waals surface area contributed by atoms with E-state index in [0.717, 1.165) is 0 Å². The van der Waals surface area contributed by atoms with Crippen molar-refractivity contribution in [1.29, 1.82) is 0 Å². The van der Waals surface area contributed by atoms with Crippen molar-refractivity contribution in [3.8, 4) is 0 Å². The molecule has 0 atom stereocenters. The molecule has 0 aliphatic heterocycles. The zero-order valence-corrected chi connectivity index (χ0v) is 10.5. The fourth-order valence-corrected chi connectivity index (χ4v) is 0.250. The molecule has 0 amide bonds. The Labute approximate surface area is 85.9 Å². The van der Waals surface area contributed by atoms with Gasteiger partial charge in [0.25, 0.3) is 0 Å². The van der Waals surface area contributed by atoms with Crippen LogP contribution in [0.4, 0.5) is 0 Å². The zero-order chi connectivity index (χ0) is 12.0. The van der Waals surface area contributed by atoms with Gasteiger partial charge in [-0.05, 0) is 41.5 Å². The van der Waals surface area contributed by atoms with Crippen molar-refractivity contribution in [2.45, 2.75) is 52.7 Å². The molecule has 0 aliphatic rings. The monoisotopic (exact) mass is 227 g/mol. The molecule has 0 aromatic carbocycles. The fraction of sp³-hybridized carbons (Fsp3) is 1.00. The van der Waals surface area contributed by atoms with Crippen LogP contribution in [0.25, 0.3) is 0 Å². The Bertz CT molecular complexity index is 150. The summed E-state index contributed by atoms with van der Waals surface area (Å²) in [6.45, 7) is 11.7. The molecule has 2 N–H and O–H groups in total. The topological polar surface area (TPSA) is 76.0 Å². The first-order valence-corrected chi connectivity index (χ1v) is 5.32. The SMILES string of the molecule is CC(C)(C)OOC(C)(C)C.O=[P+](O)O. The molecule has 0 saturated heterocycles. The third-order valence-electron chi connectivity index (χ3n) is 0.542. The van der Waals surface area contributed by atoms with Crippen LogP contribution in [0.15, 0.2) is 0 Å². The highest BCUT2D eigenvalue weighted by atomic mass is 31.1. The van der Waals surface area contributed by atoms with Gasteiger partial charge in [-0.2, -0.15) is 0 Å². The van der Waals surface area contributed by atoms with Crippen LogP contribution in [-0.2, 0) is 14.3 Å². The Morgan fingerprint density at radius 1 is 0.857 bits per heavy atom. The highest BCUT2D eigenvalue weighted by Gasteiger charge is 2.18. The minimum Gasteiger partial charge on any atom is -0.230 e. The lowest BCUT2D eigenvalue weighted by molar-refractivity contribution is -0.393. The van der Waals surface area contributed by atoms with Gasteiger partial charge in [0.2, 0.25) is 0 Å². The smallest absolute Gasteiger partial charge is 0.230 e. The zero-order valence-electron chi connectivity index (χ0n) is 9.57. The third-order valence-corrected chi connectivity index (χ3v) is 0.542. The molecule has 0 aromatic rings. The minimum absolute atomic E-state index is 0.215. The van der Waals surface area contributed by atoms with Gasteiger partial charge >= 0.3 is 8.25 Å². The minimum atomic E-state index is -2.87. The van der Waals surface area contributed by atoms with Gasteiger partial charge < -0.3 is 0 Å². The second-order valence-corrected chi connectivity index (χ2v) is 5.15. The summed E-state index contributed by atoms with van der Waals surface area (Å²) in [4.78, 5) is 24.4. The van der Waals surface area contributed by atoms with Gasteiger partial charge in [0, 0.05) is 4.57 Å². The lowest BCUT2D eigenvalue weighted by atomic mass is 10.2. The predicted molar refractivity (Wildman–Crippen MR) is 53.7 cm³/mol. The van der Waals surface area contributed by atoms with Crippen LogP contribution in [0.5, 0.6) is 0 Å². The standard InChI is InChI=1S/C8H18O2.HO3P/c1-7(2,3)9-10-8(4,5)6;1-4(2)3/h1-6H3;(H-,1,2,3)/p+1. The van der Waals surface area contributed by atoms with Crippen LogP contribution in [0.2, 0.25) is 0 Å².